The smallest absolute Gasteiger partial charge is 0.255 e. The molecule has 1 heterocycles. The molecule has 0 unspecified atom stereocenters. The Morgan fingerprint density at radius 1 is 1.23 bits per heavy atom. The number of halogens is 1. The Bertz CT molecular complexity index is 771. The molecule has 5 nitrogen and oxygen atoms in total. The Hall–Kier alpha value is -2.60. The van der Waals surface area contributed by atoms with E-state index in [-0.39, 0.29) is 11.7 Å². The number of nitrogens with one attached hydrogen (secondary N) is 1. The number of hydrogen-bond donors (Lipinski definition) is 1. The molecule has 1 aliphatic heterocycles. The lowest BCUT2D eigenvalue weighted by molar-refractivity contribution is 0.0947. The SMILES string of the molecule is COc1cc(N2CCOCC2)cc(C)c1C(=O)NCc1ccc(F)cc1. The number of morpholine rings is 1. The van der Waals surface area contributed by atoms with E-state index in [0.29, 0.717) is 31.1 Å². The third kappa shape index (κ3) is 4.14. The molecule has 0 aliphatic carbocycles. The zero-order valence-electron chi connectivity index (χ0n) is 15.0. The monoisotopic (exact) mass is 358 g/mol. The third-order valence-electron chi connectivity index (χ3n) is 4.47. The Morgan fingerprint density at radius 3 is 2.58 bits per heavy atom. The normalized spacial score (nSPS) is 14.2. The quantitative estimate of drug-likeness (QED) is 0.893. The van der Waals surface area contributed by atoms with Crippen molar-refractivity contribution in [3.05, 3.63) is 58.9 Å². The molecule has 138 valence electrons. The van der Waals surface area contributed by atoms with Crippen molar-refractivity contribution in [2.45, 2.75) is 13.5 Å². The zero-order valence-corrected chi connectivity index (χ0v) is 15.0. The van der Waals surface area contributed by atoms with E-state index in [9.17, 15) is 9.18 Å². The van der Waals surface area contributed by atoms with Gasteiger partial charge in [-0.1, -0.05) is 12.1 Å². The van der Waals surface area contributed by atoms with Gasteiger partial charge < -0.3 is 19.7 Å². The Morgan fingerprint density at radius 2 is 1.92 bits per heavy atom. The molecule has 1 N–H and O–H groups in total. The minimum Gasteiger partial charge on any atom is -0.496 e. The van der Waals surface area contributed by atoms with Crippen molar-refractivity contribution in [3.8, 4) is 5.75 Å². The van der Waals surface area contributed by atoms with Gasteiger partial charge in [0.1, 0.15) is 11.6 Å². The van der Waals surface area contributed by atoms with Gasteiger partial charge in [0, 0.05) is 31.4 Å². The molecule has 2 aromatic rings. The van der Waals surface area contributed by atoms with Crippen LogP contribution in [0.1, 0.15) is 21.5 Å². The summed E-state index contributed by atoms with van der Waals surface area (Å²) in [5, 5.41) is 2.87. The molecule has 0 atom stereocenters. The molecule has 1 fully saturated rings. The van der Waals surface area contributed by atoms with Crippen LogP contribution in [0.2, 0.25) is 0 Å². The van der Waals surface area contributed by atoms with Crippen molar-refractivity contribution in [1.82, 2.24) is 5.32 Å². The third-order valence-corrected chi connectivity index (χ3v) is 4.47. The first kappa shape index (κ1) is 18.2. The standard InChI is InChI=1S/C20H23FN2O3/c1-14-11-17(23-7-9-26-10-8-23)12-18(25-2)19(14)20(24)22-13-15-3-5-16(21)6-4-15/h3-6,11-12H,7-10,13H2,1-2H3,(H,22,24). The van der Waals surface area contributed by atoms with E-state index in [4.69, 9.17) is 9.47 Å². The lowest BCUT2D eigenvalue weighted by Gasteiger charge is -2.29. The maximum atomic E-state index is 13.0. The first-order chi connectivity index (χ1) is 12.6. The highest BCUT2D eigenvalue weighted by Gasteiger charge is 2.19. The fourth-order valence-electron chi connectivity index (χ4n) is 3.07. The van der Waals surface area contributed by atoms with Crippen LogP contribution >= 0.6 is 0 Å². The number of methoxy groups -OCH3 is 1. The highest BCUT2D eigenvalue weighted by molar-refractivity contribution is 5.99. The summed E-state index contributed by atoms with van der Waals surface area (Å²) in [7, 11) is 1.56. The number of anilines is 1. The second kappa shape index (κ2) is 8.19. The van der Waals surface area contributed by atoms with Crippen LogP contribution in [0.25, 0.3) is 0 Å². The summed E-state index contributed by atoms with van der Waals surface area (Å²) in [6.45, 7) is 5.26. The summed E-state index contributed by atoms with van der Waals surface area (Å²) in [6, 6.07) is 9.96. The Balaban J connectivity index is 1.77. The molecule has 1 aliphatic rings. The molecule has 6 heteroatoms. The predicted octanol–water partition coefficient (Wildman–Crippen LogP) is 2.91. The zero-order chi connectivity index (χ0) is 18.5. The summed E-state index contributed by atoms with van der Waals surface area (Å²) in [5.74, 6) is 0.0385. The van der Waals surface area contributed by atoms with E-state index >= 15 is 0 Å². The minimum absolute atomic E-state index is 0.211. The minimum atomic E-state index is -0.295. The van der Waals surface area contributed by atoms with Crippen molar-refractivity contribution in [2.75, 3.05) is 38.3 Å². The molecule has 0 radical (unpaired) electrons. The van der Waals surface area contributed by atoms with Gasteiger partial charge in [-0.25, -0.2) is 4.39 Å². The first-order valence-corrected chi connectivity index (χ1v) is 8.62. The molecule has 1 saturated heterocycles. The summed E-state index contributed by atoms with van der Waals surface area (Å²) in [6.07, 6.45) is 0. The average Bonchev–Trinajstić information content (AvgIpc) is 2.67. The van der Waals surface area contributed by atoms with Gasteiger partial charge in [-0.2, -0.15) is 0 Å². The average molecular weight is 358 g/mol. The van der Waals surface area contributed by atoms with Crippen LogP contribution in [0, 0.1) is 12.7 Å². The van der Waals surface area contributed by atoms with Crippen LogP contribution < -0.4 is 15.0 Å². The van der Waals surface area contributed by atoms with Gasteiger partial charge in [0.05, 0.1) is 25.9 Å². The number of nitrogens with zero attached hydrogens (tertiary/aromatic N) is 1. The van der Waals surface area contributed by atoms with Crippen molar-refractivity contribution in [2.24, 2.45) is 0 Å². The van der Waals surface area contributed by atoms with Crippen LogP contribution in [0.4, 0.5) is 10.1 Å². The topological polar surface area (TPSA) is 50.8 Å². The summed E-state index contributed by atoms with van der Waals surface area (Å²) in [5.41, 5.74) is 3.23. The summed E-state index contributed by atoms with van der Waals surface area (Å²) >= 11 is 0. The van der Waals surface area contributed by atoms with Crippen LogP contribution in [-0.4, -0.2) is 39.3 Å². The van der Waals surface area contributed by atoms with E-state index in [1.54, 1.807) is 19.2 Å². The Kier molecular flexibility index (Phi) is 5.73. The number of carbonyl (C=O) groups is 1. The lowest BCUT2D eigenvalue weighted by Crippen LogP contribution is -2.36. The first-order valence-electron chi connectivity index (χ1n) is 8.62. The van der Waals surface area contributed by atoms with Gasteiger partial charge in [-0.3, -0.25) is 4.79 Å². The molecule has 0 spiro atoms. The van der Waals surface area contributed by atoms with Crippen LogP contribution in [0.3, 0.4) is 0 Å². The number of hydrogen-bond acceptors (Lipinski definition) is 4. The van der Waals surface area contributed by atoms with Crippen molar-refractivity contribution < 1.29 is 18.7 Å². The van der Waals surface area contributed by atoms with E-state index in [2.05, 4.69) is 10.2 Å². The van der Waals surface area contributed by atoms with E-state index in [1.807, 2.05) is 19.1 Å². The van der Waals surface area contributed by atoms with Gasteiger partial charge in [-0.05, 0) is 36.2 Å². The predicted molar refractivity (Wildman–Crippen MR) is 98.3 cm³/mol. The highest BCUT2D eigenvalue weighted by atomic mass is 19.1. The molecule has 3 rings (SSSR count). The molecule has 0 saturated carbocycles. The fraction of sp³-hybridized carbons (Fsp3) is 0.350. The number of carbonyl (C=O) groups excluding carboxylic acids is 1. The molecule has 0 bridgehead atoms. The maximum absolute atomic E-state index is 13.0. The van der Waals surface area contributed by atoms with Crippen LogP contribution in [0.15, 0.2) is 36.4 Å². The van der Waals surface area contributed by atoms with E-state index in [0.717, 1.165) is 29.9 Å². The fourth-order valence-corrected chi connectivity index (χ4v) is 3.07. The molecule has 26 heavy (non-hydrogen) atoms. The highest BCUT2D eigenvalue weighted by Crippen LogP contribution is 2.29. The molecule has 0 aromatic heterocycles. The number of benzene rings is 2. The van der Waals surface area contributed by atoms with Gasteiger partial charge in [0.2, 0.25) is 0 Å². The lowest BCUT2D eigenvalue weighted by atomic mass is 10.0. The van der Waals surface area contributed by atoms with Gasteiger partial charge >= 0.3 is 0 Å². The molecular formula is C20H23FN2O3. The maximum Gasteiger partial charge on any atom is 0.255 e. The van der Waals surface area contributed by atoms with Crippen LogP contribution in [-0.2, 0) is 11.3 Å². The largest absolute Gasteiger partial charge is 0.496 e. The van der Waals surface area contributed by atoms with Gasteiger partial charge in [0.25, 0.3) is 5.91 Å². The van der Waals surface area contributed by atoms with Gasteiger partial charge in [0.15, 0.2) is 0 Å². The summed E-state index contributed by atoms with van der Waals surface area (Å²) < 4.78 is 23.8. The van der Waals surface area contributed by atoms with Crippen LogP contribution in [0.5, 0.6) is 5.75 Å². The number of aryl methyl sites for hydroxylation is 1. The van der Waals surface area contributed by atoms with E-state index in [1.165, 1.54) is 12.1 Å². The molecule has 1 amide bonds. The van der Waals surface area contributed by atoms with Crippen molar-refractivity contribution >= 4 is 11.6 Å². The molecule has 2 aromatic carbocycles. The second-order valence-corrected chi connectivity index (χ2v) is 6.25. The number of amides is 1. The number of ether oxygens (including phenoxy) is 2. The molecular weight excluding hydrogens is 335 g/mol. The number of rotatable bonds is 5. The van der Waals surface area contributed by atoms with E-state index < -0.39 is 0 Å². The van der Waals surface area contributed by atoms with Crippen molar-refractivity contribution in [1.29, 1.82) is 0 Å². The second-order valence-electron chi connectivity index (χ2n) is 6.25. The summed E-state index contributed by atoms with van der Waals surface area (Å²) in [4.78, 5) is 14.9. The van der Waals surface area contributed by atoms with Crippen molar-refractivity contribution in [3.63, 3.8) is 0 Å². The van der Waals surface area contributed by atoms with Gasteiger partial charge in [-0.15, -0.1) is 0 Å². The Labute approximate surface area is 152 Å².